The predicted octanol–water partition coefficient (Wildman–Crippen LogP) is -0.325. The fourth-order valence-corrected chi connectivity index (χ4v) is 2.72. The van der Waals surface area contributed by atoms with Crippen LogP contribution in [0.3, 0.4) is 0 Å². The Morgan fingerprint density at radius 1 is 1.41 bits per heavy atom. The Balaban J connectivity index is 2.00. The van der Waals surface area contributed by atoms with E-state index in [0.29, 0.717) is 12.5 Å². The van der Waals surface area contributed by atoms with Crippen molar-refractivity contribution in [1.82, 2.24) is 15.1 Å². The predicted molar refractivity (Wildman–Crippen MR) is 64.4 cm³/mol. The second kappa shape index (κ2) is 4.29. The molecule has 0 saturated carbocycles. The van der Waals surface area contributed by atoms with E-state index in [9.17, 15) is 9.59 Å². The van der Waals surface area contributed by atoms with Gasteiger partial charge in [-0.05, 0) is 39.8 Å². The van der Waals surface area contributed by atoms with Crippen LogP contribution >= 0.6 is 0 Å². The molecule has 1 atom stereocenters. The van der Waals surface area contributed by atoms with Crippen LogP contribution < -0.4 is 5.32 Å². The van der Waals surface area contributed by atoms with Crippen LogP contribution in [0.25, 0.3) is 0 Å². The molecule has 2 saturated heterocycles. The molecule has 2 fully saturated rings. The molecule has 1 N–H and O–H groups in total. The molecule has 2 aliphatic heterocycles. The fraction of sp³-hybridized carbons (Fsp3) is 0.833. The second-order valence-corrected chi connectivity index (χ2v) is 5.78. The van der Waals surface area contributed by atoms with E-state index in [0.717, 1.165) is 19.5 Å². The number of amides is 2. The molecule has 0 aromatic rings. The van der Waals surface area contributed by atoms with E-state index in [1.165, 1.54) is 0 Å². The van der Waals surface area contributed by atoms with Crippen LogP contribution in [0, 0.1) is 5.92 Å². The maximum absolute atomic E-state index is 12.2. The van der Waals surface area contributed by atoms with Gasteiger partial charge in [-0.3, -0.25) is 9.59 Å². The lowest BCUT2D eigenvalue weighted by Crippen LogP contribution is -2.64. The molecule has 2 aliphatic rings. The number of nitrogens with zero attached hydrogens (tertiary/aromatic N) is 2. The van der Waals surface area contributed by atoms with Gasteiger partial charge >= 0.3 is 0 Å². The van der Waals surface area contributed by atoms with Crippen molar-refractivity contribution in [3.05, 3.63) is 0 Å². The molecular weight excluding hydrogens is 218 g/mol. The summed E-state index contributed by atoms with van der Waals surface area (Å²) < 4.78 is 0. The summed E-state index contributed by atoms with van der Waals surface area (Å²) >= 11 is 0. The van der Waals surface area contributed by atoms with Gasteiger partial charge in [0.2, 0.25) is 11.8 Å². The first-order chi connectivity index (χ1) is 7.88. The molecule has 0 aromatic heterocycles. The molecule has 96 valence electrons. The quantitative estimate of drug-likeness (QED) is 0.718. The minimum absolute atomic E-state index is 0.0339. The number of rotatable bonds is 2. The third-order valence-corrected chi connectivity index (χ3v) is 3.58. The summed E-state index contributed by atoms with van der Waals surface area (Å²) in [7, 11) is 2.09. The summed E-state index contributed by atoms with van der Waals surface area (Å²) in [5, 5.41) is 2.73. The van der Waals surface area contributed by atoms with Crippen molar-refractivity contribution in [3.63, 3.8) is 0 Å². The zero-order valence-electron chi connectivity index (χ0n) is 10.8. The Labute approximate surface area is 102 Å². The molecule has 2 heterocycles. The van der Waals surface area contributed by atoms with Gasteiger partial charge in [0.05, 0.1) is 6.54 Å². The van der Waals surface area contributed by atoms with Gasteiger partial charge in [-0.1, -0.05) is 0 Å². The van der Waals surface area contributed by atoms with E-state index in [2.05, 4.69) is 17.3 Å². The first-order valence-electron chi connectivity index (χ1n) is 6.17. The lowest BCUT2D eigenvalue weighted by atomic mass is 9.99. The number of likely N-dealkylation sites (tertiary alicyclic amines) is 1. The molecule has 2 amide bonds. The summed E-state index contributed by atoms with van der Waals surface area (Å²) in [6.07, 6.45) is 1.11. The van der Waals surface area contributed by atoms with Crippen LogP contribution in [0.1, 0.15) is 20.3 Å². The highest BCUT2D eigenvalue weighted by molar-refractivity contribution is 5.97. The van der Waals surface area contributed by atoms with E-state index >= 15 is 0 Å². The van der Waals surface area contributed by atoms with Crippen LogP contribution in [-0.2, 0) is 9.59 Å². The third-order valence-electron chi connectivity index (χ3n) is 3.58. The number of carbonyl (C=O) groups excluding carboxylic acids is 2. The lowest BCUT2D eigenvalue weighted by molar-refractivity contribution is -0.148. The zero-order valence-corrected chi connectivity index (χ0v) is 10.8. The third kappa shape index (κ3) is 2.60. The van der Waals surface area contributed by atoms with Crippen molar-refractivity contribution < 1.29 is 9.59 Å². The maximum Gasteiger partial charge on any atom is 0.248 e. The number of hydrogen-bond acceptors (Lipinski definition) is 3. The van der Waals surface area contributed by atoms with Crippen molar-refractivity contribution in [1.29, 1.82) is 0 Å². The monoisotopic (exact) mass is 239 g/mol. The average molecular weight is 239 g/mol. The van der Waals surface area contributed by atoms with E-state index in [1.54, 1.807) is 18.7 Å². The van der Waals surface area contributed by atoms with E-state index in [1.807, 2.05) is 0 Å². The molecule has 0 aromatic carbocycles. The van der Waals surface area contributed by atoms with Gasteiger partial charge in [-0.25, -0.2) is 0 Å². The van der Waals surface area contributed by atoms with Gasteiger partial charge in [0, 0.05) is 13.1 Å². The molecule has 0 aliphatic carbocycles. The average Bonchev–Trinajstić information content (AvgIpc) is 2.59. The van der Waals surface area contributed by atoms with Crippen LogP contribution in [-0.4, -0.2) is 60.4 Å². The van der Waals surface area contributed by atoms with Gasteiger partial charge in [-0.15, -0.1) is 0 Å². The smallest absolute Gasteiger partial charge is 0.248 e. The lowest BCUT2D eigenvalue weighted by Gasteiger charge is -2.38. The van der Waals surface area contributed by atoms with Crippen LogP contribution in [0.2, 0.25) is 0 Å². The summed E-state index contributed by atoms with van der Waals surface area (Å²) in [5.41, 5.74) is -0.750. The highest BCUT2D eigenvalue weighted by Gasteiger charge is 2.40. The molecule has 0 radical (unpaired) electrons. The largest absolute Gasteiger partial charge is 0.341 e. The van der Waals surface area contributed by atoms with Gasteiger partial charge < -0.3 is 15.1 Å². The van der Waals surface area contributed by atoms with Gasteiger partial charge in [-0.2, -0.15) is 0 Å². The molecule has 0 spiro atoms. The normalized spacial score (nSPS) is 29.6. The molecule has 2 rings (SSSR count). The SMILES string of the molecule is CN1CCC(CN2CC(=O)NC(C)(C)C2=O)C1. The number of carbonyl (C=O) groups is 2. The minimum atomic E-state index is -0.750. The van der Waals surface area contributed by atoms with Crippen molar-refractivity contribution in [2.24, 2.45) is 5.92 Å². The Morgan fingerprint density at radius 2 is 2.12 bits per heavy atom. The second-order valence-electron chi connectivity index (χ2n) is 5.78. The Morgan fingerprint density at radius 3 is 2.71 bits per heavy atom. The van der Waals surface area contributed by atoms with Gasteiger partial charge in [0.25, 0.3) is 0 Å². The van der Waals surface area contributed by atoms with Crippen LogP contribution in [0.5, 0.6) is 0 Å². The molecule has 1 unspecified atom stereocenters. The van der Waals surface area contributed by atoms with Crippen molar-refractivity contribution in [2.75, 3.05) is 33.2 Å². The Bertz CT molecular complexity index is 341. The highest BCUT2D eigenvalue weighted by Crippen LogP contribution is 2.19. The Hall–Kier alpha value is -1.10. The first kappa shape index (κ1) is 12.4. The molecule has 17 heavy (non-hydrogen) atoms. The maximum atomic E-state index is 12.2. The van der Waals surface area contributed by atoms with Crippen molar-refractivity contribution in [3.8, 4) is 0 Å². The summed E-state index contributed by atoms with van der Waals surface area (Å²) in [4.78, 5) is 27.7. The molecular formula is C12H21N3O2. The molecule has 5 heteroatoms. The van der Waals surface area contributed by atoms with Crippen molar-refractivity contribution >= 4 is 11.8 Å². The van der Waals surface area contributed by atoms with E-state index in [-0.39, 0.29) is 18.4 Å². The van der Waals surface area contributed by atoms with Crippen LogP contribution in [0.15, 0.2) is 0 Å². The molecule has 5 nitrogen and oxygen atoms in total. The summed E-state index contributed by atoms with van der Waals surface area (Å²) in [5.74, 6) is 0.484. The summed E-state index contributed by atoms with van der Waals surface area (Å²) in [6, 6.07) is 0. The van der Waals surface area contributed by atoms with Gasteiger partial charge in [0.1, 0.15) is 5.54 Å². The zero-order chi connectivity index (χ0) is 12.6. The van der Waals surface area contributed by atoms with Crippen LogP contribution in [0.4, 0.5) is 0 Å². The number of hydrogen-bond donors (Lipinski definition) is 1. The standard InChI is InChI=1S/C12H21N3O2/c1-12(2)11(17)15(8-10(16)13-12)7-9-4-5-14(3)6-9/h9H,4-8H2,1-3H3,(H,13,16). The number of nitrogens with one attached hydrogen (secondary N) is 1. The summed E-state index contributed by atoms with van der Waals surface area (Å²) in [6.45, 7) is 6.55. The topological polar surface area (TPSA) is 52.6 Å². The van der Waals surface area contributed by atoms with Gasteiger partial charge in [0.15, 0.2) is 0 Å². The first-order valence-corrected chi connectivity index (χ1v) is 6.17. The fourth-order valence-electron chi connectivity index (χ4n) is 2.72. The minimum Gasteiger partial charge on any atom is -0.341 e. The Kier molecular flexibility index (Phi) is 3.12. The van der Waals surface area contributed by atoms with E-state index < -0.39 is 5.54 Å². The highest BCUT2D eigenvalue weighted by atomic mass is 16.2. The number of piperazine rings is 1. The van der Waals surface area contributed by atoms with Crippen molar-refractivity contribution in [2.45, 2.75) is 25.8 Å². The van der Waals surface area contributed by atoms with E-state index in [4.69, 9.17) is 0 Å². The molecule has 0 bridgehead atoms.